The number of rotatable bonds is 4. The smallest absolute Gasteiger partial charge is 0.216 e. The maximum atomic E-state index is 6.22. The van der Waals surface area contributed by atoms with Crippen LogP contribution in [0.3, 0.4) is 0 Å². The minimum atomic E-state index is 0. The fourth-order valence-electron chi connectivity index (χ4n) is 6.95. The number of hydrogen-bond acceptors (Lipinski definition) is 5. The molecule has 1 radical (unpaired) electrons. The predicted molar refractivity (Wildman–Crippen MR) is 217 cm³/mol. The molecule has 0 N–H and O–H groups in total. The van der Waals surface area contributed by atoms with E-state index in [2.05, 4.69) is 123 Å². The van der Waals surface area contributed by atoms with Crippen LogP contribution in [0.25, 0.3) is 77.9 Å². The van der Waals surface area contributed by atoms with Gasteiger partial charge in [0.15, 0.2) is 0 Å². The van der Waals surface area contributed by atoms with Gasteiger partial charge in [0.1, 0.15) is 0 Å². The second kappa shape index (κ2) is 15.3. The molecule has 5 aromatic heterocycles. The zero-order valence-electron chi connectivity index (χ0n) is 31.1. The third-order valence-electron chi connectivity index (χ3n) is 9.80. The van der Waals surface area contributed by atoms with E-state index in [9.17, 15) is 0 Å². The molecule has 9 rings (SSSR count). The van der Waals surface area contributed by atoms with Crippen LogP contribution in [-0.4, -0.2) is 19.9 Å². The van der Waals surface area contributed by atoms with Crippen molar-refractivity contribution in [1.82, 2.24) is 19.9 Å². The van der Waals surface area contributed by atoms with Gasteiger partial charge in [0.2, 0.25) is 5.71 Å². The van der Waals surface area contributed by atoms with Crippen molar-refractivity contribution >= 4 is 33.0 Å². The number of furan rings is 1. The van der Waals surface area contributed by atoms with Crippen molar-refractivity contribution in [2.24, 2.45) is 0 Å². The monoisotopic (exact) mass is 879 g/mol. The molecule has 0 aliphatic rings. The van der Waals surface area contributed by atoms with Gasteiger partial charge in [0.05, 0.1) is 16.8 Å². The molecule has 0 atom stereocenters. The van der Waals surface area contributed by atoms with E-state index in [1.54, 1.807) is 0 Å². The number of hydrogen-bond donors (Lipinski definition) is 0. The zero-order chi connectivity index (χ0) is 36.6. The molecule has 0 saturated carbocycles. The molecule has 6 heteroatoms. The van der Waals surface area contributed by atoms with Crippen molar-refractivity contribution in [3.8, 4) is 44.9 Å². The van der Waals surface area contributed by atoms with Gasteiger partial charge in [0, 0.05) is 54.5 Å². The van der Waals surface area contributed by atoms with Crippen molar-refractivity contribution in [2.45, 2.75) is 41.5 Å². The van der Waals surface area contributed by atoms with Crippen molar-refractivity contribution in [1.29, 1.82) is 0 Å². The summed E-state index contributed by atoms with van der Waals surface area (Å²) >= 11 is 0. The summed E-state index contributed by atoms with van der Waals surface area (Å²) in [5.74, 6) is 0. The van der Waals surface area contributed by atoms with Crippen LogP contribution in [-0.2, 0) is 20.1 Å². The van der Waals surface area contributed by atoms with Crippen LogP contribution < -0.4 is 0 Å². The van der Waals surface area contributed by atoms with Gasteiger partial charge in [-0.3, -0.25) is 0 Å². The van der Waals surface area contributed by atoms with Crippen molar-refractivity contribution in [3.63, 3.8) is 0 Å². The van der Waals surface area contributed by atoms with Crippen LogP contribution >= 0.6 is 0 Å². The number of fused-ring (bicyclic) bond motifs is 4. The summed E-state index contributed by atoms with van der Waals surface area (Å²) in [6.45, 7) is 12.5. The number of benzene rings is 4. The second-order valence-corrected chi connectivity index (χ2v) is 13.7. The first-order valence-electron chi connectivity index (χ1n) is 17.8. The third kappa shape index (κ3) is 7.11. The van der Waals surface area contributed by atoms with E-state index in [0.29, 0.717) is 5.71 Å². The molecule has 0 saturated heterocycles. The molecule has 0 spiro atoms. The van der Waals surface area contributed by atoms with Crippen LogP contribution in [0.15, 0.2) is 126 Å². The average Bonchev–Trinajstić information content (AvgIpc) is 3.54. The Morgan fingerprint density at radius 1 is 0.611 bits per heavy atom. The summed E-state index contributed by atoms with van der Waals surface area (Å²) in [4.78, 5) is 18.7. The first-order chi connectivity index (χ1) is 25.7. The predicted octanol–water partition coefficient (Wildman–Crippen LogP) is 12.1. The normalized spacial score (nSPS) is 11.0. The van der Waals surface area contributed by atoms with Gasteiger partial charge in [-0.15, -0.1) is 53.6 Å². The van der Waals surface area contributed by atoms with E-state index in [4.69, 9.17) is 14.4 Å². The van der Waals surface area contributed by atoms with E-state index in [-0.39, 0.29) is 20.1 Å². The quantitative estimate of drug-likeness (QED) is 0.165. The van der Waals surface area contributed by atoms with Gasteiger partial charge in [-0.05, 0) is 110 Å². The van der Waals surface area contributed by atoms with E-state index in [1.807, 2.05) is 62.6 Å². The Labute approximate surface area is 329 Å². The molecular formula is C48H38IrN4O-2. The Morgan fingerprint density at radius 3 is 2.15 bits per heavy atom. The summed E-state index contributed by atoms with van der Waals surface area (Å²) in [6.07, 6.45) is 3.73. The molecule has 9 aromatic rings. The molecule has 0 amide bonds. The van der Waals surface area contributed by atoms with Crippen molar-refractivity contribution in [2.75, 3.05) is 0 Å². The van der Waals surface area contributed by atoms with E-state index in [1.165, 1.54) is 33.4 Å². The zero-order valence-corrected chi connectivity index (χ0v) is 33.5. The standard InChI is InChI=1S/C35H26N3O.C13H12N.Ir/c1-20-7-5-8-21(2)33(20)31-16-14-26-23(4)25(13-15-30(26)38-31)24-17-18-36-32(19-24)29-10-6-9-27-28-12-11-22(3)37-35(28)39-34(27)29;1-10-3-6-12(7-4-10)13-8-5-11(2)9-14-13;/h5-9,11-19H,1-4H3;3-6,8-9H,1-2H3;/q2*-1;. The number of aromatic nitrogens is 4. The van der Waals surface area contributed by atoms with Gasteiger partial charge in [0.25, 0.3) is 0 Å². The first kappa shape index (κ1) is 36.5. The summed E-state index contributed by atoms with van der Waals surface area (Å²) in [5.41, 5.74) is 17.5. The molecule has 4 aromatic carbocycles. The van der Waals surface area contributed by atoms with Gasteiger partial charge in [-0.1, -0.05) is 66.4 Å². The fraction of sp³-hybridized carbons (Fsp3) is 0.125. The van der Waals surface area contributed by atoms with Gasteiger partial charge >= 0.3 is 0 Å². The van der Waals surface area contributed by atoms with Crippen LogP contribution in [0.2, 0.25) is 0 Å². The van der Waals surface area contributed by atoms with Crippen LogP contribution in [0.5, 0.6) is 0 Å². The first-order valence-corrected chi connectivity index (χ1v) is 17.8. The Kier molecular flexibility index (Phi) is 10.3. The minimum Gasteiger partial charge on any atom is -0.486 e. The maximum Gasteiger partial charge on any atom is 0.216 e. The molecule has 5 heterocycles. The molecule has 5 nitrogen and oxygen atoms in total. The van der Waals surface area contributed by atoms with Gasteiger partial charge in [-0.25, -0.2) is 9.97 Å². The fourth-order valence-corrected chi connectivity index (χ4v) is 6.95. The largest absolute Gasteiger partial charge is 0.486 e. The van der Waals surface area contributed by atoms with Crippen LogP contribution in [0.1, 0.15) is 33.5 Å². The Morgan fingerprint density at radius 2 is 1.39 bits per heavy atom. The van der Waals surface area contributed by atoms with Crippen LogP contribution in [0.4, 0.5) is 0 Å². The average molecular weight is 879 g/mol. The summed E-state index contributed by atoms with van der Waals surface area (Å²) < 4.78 is 6.22. The maximum absolute atomic E-state index is 6.22. The molecule has 267 valence electrons. The Hall–Kier alpha value is -5.81. The Bertz CT molecular complexity index is 2720. The molecule has 0 bridgehead atoms. The molecule has 0 aliphatic carbocycles. The third-order valence-corrected chi connectivity index (χ3v) is 9.80. The summed E-state index contributed by atoms with van der Waals surface area (Å²) in [7, 11) is 0. The molecule has 0 unspecified atom stereocenters. The molecule has 0 aliphatic heterocycles. The van der Waals surface area contributed by atoms with Crippen molar-refractivity contribution < 1.29 is 24.5 Å². The molecule has 0 fully saturated rings. The van der Waals surface area contributed by atoms with Crippen LogP contribution in [0, 0.1) is 53.7 Å². The van der Waals surface area contributed by atoms with E-state index >= 15 is 0 Å². The SMILES string of the molecule is Cc1c[c-]c(-c2ccc(C)cn2)cc1.Cc1ccc2c(n1)oc1c(-c3cc(-c4ccc5nc(-c6c(C)cccc6C)ccc5c4C)ccn3)[c-]ccc12.[Ir]. The molecule has 54 heavy (non-hydrogen) atoms. The number of pyridine rings is 4. The minimum absolute atomic E-state index is 0. The summed E-state index contributed by atoms with van der Waals surface area (Å²) in [6, 6.07) is 44.0. The van der Waals surface area contributed by atoms with Gasteiger partial charge in [-0.2, -0.15) is 0 Å². The number of aryl methyl sites for hydroxylation is 6. The Balaban J connectivity index is 0.000000253. The van der Waals surface area contributed by atoms with Crippen molar-refractivity contribution in [3.05, 3.63) is 167 Å². The van der Waals surface area contributed by atoms with E-state index < -0.39 is 0 Å². The second-order valence-electron chi connectivity index (χ2n) is 13.7. The molecular weight excluding hydrogens is 841 g/mol. The number of nitrogens with zero attached hydrogens (tertiary/aromatic N) is 4. The summed E-state index contributed by atoms with van der Waals surface area (Å²) in [5, 5.41) is 3.17. The van der Waals surface area contributed by atoms with E-state index in [0.717, 1.165) is 72.3 Å². The topological polar surface area (TPSA) is 64.7 Å². The van der Waals surface area contributed by atoms with Gasteiger partial charge < -0.3 is 14.4 Å².